The van der Waals surface area contributed by atoms with Crippen molar-refractivity contribution in [1.82, 2.24) is 9.13 Å². The first kappa shape index (κ1) is 34.9. The van der Waals surface area contributed by atoms with Crippen LogP contribution < -0.4 is 4.90 Å². The van der Waals surface area contributed by atoms with Gasteiger partial charge in [0.1, 0.15) is 0 Å². The van der Waals surface area contributed by atoms with Crippen molar-refractivity contribution in [3.63, 3.8) is 0 Å². The molecule has 0 aliphatic rings. The number of para-hydroxylation sites is 4. The molecule has 0 radical (unpaired) electrons. The van der Waals surface area contributed by atoms with Crippen molar-refractivity contribution in [2.45, 2.75) is 0 Å². The Hall–Kier alpha value is -8.14. The lowest BCUT2D eigenvalue weighted by Crippen LogP contribution is -2.11. The van der Waals surface area contributed by atoms with Crippen LogP contribution in [-0.4, -0.2) is 9.13 Å². The molecular weight excluding hydrogens is 739 g/mol. The van der Waals surface area contributed by atoms with Gasteiger partial charge < -0.3 is 14.0 Å². The summed E-state index contributed by atoms with van der Waals surface area (Å²) in [5.74, 6) is 0. The Labute approximate surface area is 354 Å². The van der Waals surface area contributed by atoms with E-state index in [2.05, 4.69) is 251 Å². The predicted octanol–water partition coefficient (Wildman–Crippen LogP) is 15.8. The second kappa shape index (κ2) is 14.3. The lowest BCUT2D eigenvalue weighted by atomic mass is 10.0. The molecule has 2 heterocycles. The minimum absolute atomic E-state index is 1.09. The lowest BCUT2D eigenvalue weighted by molar-refractivity contribution is 1.18. The van der Waals surface area contributed by atoms with Gasteiger partial charge in [-0.1, -0.05) is 158 Å². The summed E-state index contributed by atoms with van der Waals surface area (Å²) in [5.41, 5.74) is 15.1. The van der Waals surface area contributed by atoms with Crippen molar-refractivity contribution >= 4 is 71.4 Å². The van der Waals surface area contributed by atoms with Crippen molar-refractivity contribution in [1.29, 1.82) is 0 Å². The Bertz CT molecular complexity index is 3560. The fourth-order valence-corrected chi connectivity index (χ4v) is 9.54. The van der Waals surface area contributed by atoms with E-state index in [0.29, 0.717) is 0 Å². The second-order valence-corrected chi connectivity index (χ2v) is 15.7. The van der Waals surface area contributed by atoms with Crippen molar-refractivity contribution < 1.29 is 0 Å². The van der Waals surface area contributed by atoms with Crippen LogP contribution in [0.25, 0.3) is 88.0 Å². The zero-order valence-electron chi connectivity index (χ0n) is 33.4. The second-order valence-electron chi connectivity index (χ2n) is 15.7. The first-order chi connectivity index (χ1) is 30.3. The highest BCUT2D eigenvalue weighted by Gasteiger charge is 2.20. The van der Waals surface area contributed by atoms with Gasteiger partial charge in [-0.25, -0.2) is 0 Å². The SMILES string of the molecule is c1ccc(-c2ccccc2N(c2ccc(-c3ccc(-n4c5ccccc5c5c6ccccc6ccc54)cc3)cc2)c2ccc3c(c2)c2ccccc2n3-c2ccccc2)cc1. The zero-order valence-corrected chi connectivity index (χ0v) is 33.4. The molecule has 0 saturated heterocycles. The van der Waals surface area contributed by atoms with Gasteiger partial charge in [-0.3, -0.25) is 0 Å². The van der Waals surface area contributed by atoms with Gasteiger partial charge in [0.25, 0.3) is 0 Å². The van der Waals surface area contributed by atoms with Crippen LogP contribution >= 0.6 is 0 Å². The van der Waals surface area contributed by atoms with Crippen molar-refractivity contribution in [3.05, 3.63) is 237 Å². The summed E-state index contributed by atoms with van der Waals surface area (Å²) in [4.78, 5) is 2.41. The molecule has 0 atom stereocenters. The summed E-state index contributed by atoms with van der Waals surface area (Å²) in [6.07, 6.45) is 0. The Kier molecular flexibility index (Phi) is 8.17. The number of rotatable bonds is 7. The van der Waals surface area contributed by atoms with Crippen LogP contribution in [0.2, 0.25) is 0 Å². The minimum Gasteiger partial charge on any atom is -0.310 e. The van der Waals surface area contributed by atoms with Gasteiger partial charge in [0.15, 0.2) is 0 Å². The van der Waals surface area contributed by atoms with Gasteiger partial charge in [-0.05, 0) is 106 Å². The Morgan fingerprint density at radius 3 is 1.59 bits per heavy atom. The molecule has 0 amide bonds. The van der Waals surface area contributed by atoms with Gasteiger partial charge in [-0.15, -0.1) is 0 Å². The molecule has 0 unspecified atom stereocenters. The first-order valence-electron chi connectivity index (χ1n) is 20.9. The standard InChI is InChI=1S/C58H39N3/c1-3-15-42(16-4-1)48-20-9-12-24-53(48)59(47-36-38-56-52(39-47)50-22-10-13-25-54(50)60(56)44-18-5-2-6-19-44)45-32-27-40(28-33-45)41-29-34-46(35-30-41)61-55-26-14-11-23-51(55)58-49-21-8-7-17-43(49)31-37-57(58)61/h1-39H. The molecule has 0 aliphatic heterocycles. The van der Waals surface area contributed by atoms with Crippen LogP contribution in [0.3, 0.4) is 0 Å². The molecule has 0 N–H and O–H groups in total. The summed E-state index contributed by atoms with van der Waals surface area (Å²) in [5, 5.41) is 7.56. The summed E-state index contributed by atoms with van der Waals surface area (Å²) in [6.45, 7) is 0. The average Bonchev–Trinajstić information content (AvgIpc) is 3.86. The van der Waals surface area contributed by atoms with E-state index in [1.165, 1.54) is 76.6 Å². The quantitative estimate of drug-likeness (QED) is 0.157. The molecule has 0 fully saturated rings. The maximum absolute atomic E-state index is 2.41. The lowest BCUT2D eigenvalue weighted by Gasteiger charge is -2.28. The number of nitrogens with zero attached hydrogens (tertiary/aromatic N) is 3. The Morgan fingerprint density at radius 2 is 0.820 bits per heavy atom. The smallest absolute Gasteiger partial charge is 0.0547 e. The molecular formula is C58H39N3. The number of anilines is 3. The van der Waals surface area contributed by atoms with Crippen LogP contribution in [0, 0.1) is 0 Å². The molecule has 3 heteroatoms. The van der Waals surface area contributed by atoms with Crippen molar-refractivity contribution in [3.8, 4) is 33.6 Å². The van der Waals surface area contributed by atoms with E-state index in [1.807, 2.05) is 0 Å². The molecule has 0 saturated carbocycles. The van der Waals surface area contributed by atoms with Crippen molar-refractivity contribution in [2.75, 3.05) is 4.90 Å². The van der Waals surface area contributed by atoms with Crippen LogP contribution in [0.4, 0.5) is 17.1 Å². The molecule has 61 heavy (non-hydrogen) atoms. The number of hydrogen-bond donors (Lipinski definition) is 0. The number of benzene rings is 10. The fourth-order valence-electron chi connectivity index (χ4n) is 9.54. The topological polar surface area (TPSA) is 13.1 Å². The van der Waals surface area contributed by atoms with E-state index >= 15 is 0 Å². The molecule has 10 aromatic carbocycles. The summed E-state index contributed by atoms with van der Waals surface area (Å²) in [7, 11) is 0. The molecule has 2 aromatic heterocycles. The number of fused-ring (bicyclic) bond motifs is 8. The van der Waals surface area contributed by atoms with E-state index < -0.39 is 0 Å². The molecule has 12 rings (SSSR count). The Balaban J connectivity index is 0.969. The monoisotopic (exact) mass is 777 g/mol. The van der Waals surface area contributed by atoms with Crippen molar-refractivity contribution in [2.24, 2.45) is 0 Å². The number of aromatic nitrogens is 2. The normalized spacial score (nSPS) is 11.6. The predicted molar refractivity (Wildman–Crippen MR) is 258 cm³/mol. The Morgan fingerprint density at radius 1 is 0.295 bits per heavy atom. The average molecular weight is 778 g/mol. The highest BCUT2D eigenvalue weighted by molar-refractivity contribution is 6.21. The van der Waals surface area contributed by atoms with Gasteiger partial charge in [-0.2, -0.15) is 0 Å². The molecule has 3 nitrogen and oxygen atoms in total. The fraction of sp³-hybridized carbons (Fsp3) is 0. The van der Waals surface area contributed by atoms with Crippen LogP contribution in [-0.2, 0) is 0 Å². The number of hydrogen-bond acceptors (Lipinski definition) is 1. The largest absolute Gasteiger partial charge is 0.310 e. The van der Waals surface area contributed by atoms with E-state index in [-0.39, 0.29) is 0 Å². The van der Waals surface area contributed by atoms with Gasteiger partial charge >= 0.3 is 0 Å². The minimum atomic E-state index is 1.09. The van der Waals surface area contributed by atoms with E-state index in [0.717, 1.165) is 28.4 Å². The maximum Gasteiger partial charge on any atom is 0.0547 e. The van der Waals surface area contributed by atoms with E-state index in [1.54, 1.807) is 0 Å². The molecule has 286 valence electrons. The summed E-state index contributed by atoms with van der Waals surface area (Å²) >= 11 is 0. The molecule has 0 bridgehead atoms. The highest BCUT2D eigenvalue weighted by atomic mass is 15.1. The summed E-state index contributed by atoms with van der Waals surface area (Å²) < 4.78 is 4.78. The first-order valence-corrected chi connectivity index (χ1v) is 20.9. The van der Waals surface area contributed by atoms with Gasteiger partial charge in [0.05, 0.1) is 27.8 Å². The van der Waals surface area contributed by atoms with E-state index in [9.17, 15) is 0 Å². The zero-order chi connectivity index (χ0) is 40.3. The highest BCUT2D eigenvalue weighted by Crippen LogP contribution is 2.44. The third kappa shape index (κ3) is 5.74. The summed E-state index contributed by atoms with van der Waals surface area (Å²) in [6, 6.07) is 85.8. The third-order valence-corrected chi connectivity index (χ3v) is 12.3. The molecule has 0 aliphatic carbocycles. The van der Waals surface area contributed by atoms with Crippen LogP contribution in [0.1, 0.15) is 0 Å². The van der Waals surface area contributed by atoms with Gasteiger partial charge in [0.2, 0.25) is 0 Å². The third-order valence-electron chi connectivity index (χ3n) is 12.3. The molecule has 12 aromatic rings. The van der Waals surface area contributed by atoms with E-state index in [4.69, 9.17) is 0 Å². The maximum atomic E-state index is 2.41. The molecule has 0 spiro atoms. The van der Waals surface area contributed by atoms with Crippen LogP contribution in [0.15, 0.2) is 237 Å². The van der Waals surface area contributed by atoms with Gasteiger partial charge in [0, 0.05) is 49.9 Å². The van der Waals surface area contributed by atoms with Crippen LogP contribution in [0.5, 0.6) is 0 Å².